The highest BCUT2D eigenvalue weighted by Gasteiger charge is 2.34. The Kier molecular flexibility index (Phi) is 4.88. The number of nitrogens with zero attached hydrogens (tertiary/aromatic N) is 3. The summed E-state index contributed by atoms with van der Waals surface area (Å²) >= 11 is 0.777. The summed E-state index contributed by atoms with van der Waals surface area (Å²) in [5.74, 6) is 0. The largest absolute Gasteiger partial charge is 0.434 e. The highest BCUT2D eigenvalue weighted by atomic mass is 32.1. The topological polar surface area (TPSA) is 49.6 Å². The fourth-order valence-corrected chi connectivity index (χ4v) is 4.11. The molecule has 0 unspecified atom stereocenters. The van der Waals surface area contributed by atoms with Gasteiger partial charge in [0.05, 0.1) is 5.56 Å². The van der Waals surface area contributed by atoms with Crippen molar-refractivity contribution in [3.05, 3.63) is 45.8 Å². The van der Waals surface area contributed by atoms with E-state index in [-0.39, 0.29) is 10.6 Å². The smallest absolute Gasteiger partial charge is 0.422 e. The quantitative estimate of drug-likeness (QED) is 0.597. The molecule has 3 heterocycles. The normalized spacial score (nSPS) is 16.5. The number of anilines is 1. The molecular weight excluding hydrogens is 391 g/mol. The van der Waals surface area contributed by atoms with Gasteiger partial charge in [-0.1, -0.05) is 0 Å². The van der Waals surface area contributed by atoms with Crippen molar-refractivity contribution in [2.45, 2.75) is 12.6 Å². The van der Waals surface area contributed by atoms with Crippen molar-refractivity contribution in [3.8, 4) is 10.6 Å². The van der Waals surface area contributed by atoms with Crippen LogP contribution in [0.2, 0.25) is 0 Å². The molecule has 1 aliphatic rings. The molecule has 0 spiro atoms. The Morgan fingerprint density at radius 3 is 2.71 bits per heavy atom. The van der Waals surface area contributed by atoms with Gasteiger partial charge in [-0.25, -0.2) is 9.78 Å². The second-order valence-corrected chi connectivity index (χ2v) is 7.71. The molecule has 1 saturated heterocycles. The molecular formula is C19H18F3N3O2S. The Morgan fingerprint density at radius 1 is 1.14 bits per heavy atom. The predicted molar refractivity (Wildman–Crippen MR) is 103 cm³/mol. The van der Waals surface area contributed by atoms with Gasteiger partial charge >= 0.3 is 11.8 Å². The van der Waals surface area contributed by atoms with Crippen molar-refractivity contribution >= 4 is 28.0 Å². The number of hydrogen-bond donors (Lipinski definition) is 0. The number of halogens is 3. The van der Waals surface area contributed by atoms with Crippen LogP contribution in [0.4, 0.5) is 18.9 Å². The lowest BCUT2D eigenvalue weighted by Gasteiger charge is -2.22. The summed E-state index contributed by atoms with van der Waals surface area (Å²) in [5.41, 5.74) is -0.280. The van der Waals surface area contributed by atoms with E-state index in [1.165, 1.54) is 0 Å². The summed E-state index contributed by atoms with van der Waals surface area (Å²) in [5, 5.41) is 1.55. The lowest BCUT2D eigenvalue weighted by molar-refractivity contribution is -0.140. The zero-order valence-corrected chi connectivity index (χ0v) is 15.9. The number of benzene rings is 1. The highest BCUT2D eigenvalue weighted by molar-refractivity contribution is 7.13. The molecule has 9 heteroatoms. The zero-order chi connectivity index (χ0) is 19.9. The molecule has 5 nitrogen and oxygen atoms in total. The molecule has 0 radical (unpaired) electrons. The number of aromatic nitrogens is 1. The fourth-order valence-electron chi connectivity index (χ4n) is 3.28. The molecule has 28 heavy (non-hydrogen) atoms. The van der Waals surface area contributed by atoms with E-state index in [1.54, 1.807) is 6.07 Å². The van der Waals surface area contributed by atoms with Gasteiger partial charge in [-0.05, 0) is 38.2 Å². The number of alkyl halides is 3. The van der Waals surface area contributed by atoms with E-state index >= 15 is 0 Å². The van der Waals surface area contributed by atoms with E-state index in [1.807, 2.05) is 18.2 Å². The molecule has 0 atom stereocenters. The number of fused-ring (bicyclic) bond motifs is 1. The molecule has 0 bridgehead atoms. The van der Waals surface area contributed by atoms with Gasteiger partial charge in [0.1, 0.15) is 10.6 Å². The van der Waals surface area contributed by atoms with Crippen LogP contribution < -0.4 is 10.5 Å². The van der Waals surface area contributed by atoms with Crippen molar-refractivity contribution in [1.29, 1.82) is 0 Å². The van der Waals surface area contributed by atoms with Gasteiger partial charge in [-0.2, -0.15) is 13.2 Å². The minimum atomic E-state index is -4.54. The Morgan fingerprint density at radius 2 is 1.96 bits per heavy atom. The number of likely N-dealkylation sites (N-methyl/N-ethyl adjacent to an activating group) is 1. The lowest BCUT2D eigenvalue weighted by Crippen LogP contribution is -2.28. The van der Waals surface area contributed by atoms with Crippen LogP contribution >= 0.6 is 11.3 Å². The molecule has 148 valence electrons. The van der Waals surface area contributed by atoms with Gasteiger partial charge < -0.3 is 14.2 Å². The highest BCUT2D eigenvalue weighted by Crippen LogP contribution is 2.33. The van der Waals surface area contributed by atoms with Crippen LogP contribution in [0.15, 0.2) is 38.9 Å². The third-order valence-electron chi connectivity index (χ3n) is 4.83. The molecule has 0 saturated carbocycles. The number of hydrogen-bond acceptors (Lipinski definition) is 6. The second-order valence-electron chi connectivity index (χ2n) is 6.85. The van der Waals surface area contributed by atoms with E-state index in [9.17, 15) is 18.0 Å². The average molecular weight is 409 g/mol. The predicted octanol–water partition coefficient (Wildman–Crippen LogP) is 4.08. The molecule has 1 fully saturated rings. The summed E-state index contributed by atoms with van der Waals surface area (Å²) in [7, 11) is 2.09. The Labute approximate surface area is 163 Å². The molecule has 0 aliphatic carbocycles. The average Bonchev–Trinajstić information content (AvgIpc) is 3.04. The summed E-state index contributed by atoms with van der Waals surface area (Å²) < 4.78 is 43.8. The first-order valence-electron chi connectivity index (χ1n) is 8.86. The summed E-state index contributed by atoms with van der Waals surface area (Å²) in [6, 6.07) is 7.12. The first-order valence-corrected chi connectivity index (χ1v) is 9.74. The maximum Gasteiger partial charge on any atom is 0.434 e. The van der Waals surface area contributed by atoms with Crippen molar-refractivity contribution in [2.24, 2.45) is 0 Å². The summed E-state index contributed by atoms with van der Waals surface area (Å²) in [6.45, 7) is 3.78. The van der Waals surface area contributed by atoms with Gasteiger partial charge in [0.15, 0.2) is 5.69 Å². The SMILES string of the molecule is CN1CCCN(c2ccc3cc(-c4nc(C(F)(F)F)cs4)c(=O)oc3c2)CC1. The number of thiazole rings is 1. The van der Waals surface area contributed by atoms with E-state index in [0.717, 1.165) is 55.0 Å². The van der Waals surface area contributed by atoms with E-state index in [0.29, 0.717) is 11.0 Å². The van der Waals surface area contributed by atoms with Crippen LogP contribution in [0.1, 0.15) is 12.1 Å². The van der Waals surface area contributed by atoms with E-state index in [2.05, 4.69) is 21.8 Å². The first kappa shape index (κ1) is 18.9. The summed E-state index contributed by atoms with van der Waals surface area (Å²) in [6.07, 6.45) is -3.50. The van der Waals surface area contributed by atoms with Gasteiger partial charge in [0.25, 0.3) is 0 Å². The van der Waals surface area contributed by atoms with Gasteiger partial charge in [-0.3, -0.25) is 0 Å². The summed E-state index contributed by atoms with van der Waals surface area (Å²) in [4.78, 5) is 20.4. The van der Waals surface area contributed by atoms with E-state index < -0.39 is 17.5 Å². The minimum absolute atomic E-state index is 0.00241. The molecule has 2 aromatic heterocycles. The third kappa shape index (κ3) is 3.77. The second kappa shape index (κ2) is 7.21. The first-order chi connectivity index (χ1) is 13.3. The van der Waals surface area contributed by atoms with Crippen molar-refractivity contribution in [3.63, 3.8) is 0 Å². The van der Waals surface area contributed by atoms with Crippen LogP contribution in [0.3, 0.4) is 0 Å². The number of rotatable bonds is 2. The van der Waals surface area contributed by atoms with Crippen molar-refractivity contribution in [1.82, 2.24) is 9.88 Å². The standard InChI is InChI=1S/C19H18F3N3O2S/c1-24-5-2-6-25(8-7-24)13-4-3-12-9-14(18(26)27-15(12)10-13)17-23-16(11-28-17)19(20,21)22/h3-4,9-11H,2,5-8H2,1H3. The molecule has 3 aromatic rings. The third-order valence-corrected chi connectivity index (χ3v) is 5.70. The molecule has 1 aromatic carbocycles. The van der Waals surface area contributed by atoms with Gasteiger partial charge in [0.2, 0.25) is 0 Å². The fraction of sp³-hybridized carbons (Fsp3) is 0.368. The molecule has 4 rings (SSSR count). The molecule has 0 amide bonds. The van der Waals surface area contributed by atoms with Gasteiger partial charge in [0, 0.05) is 42.2 Å². The Balaban J connectivity index is 1.68. The van der Waals surface area contributed by atoms with Crippen molar-refractivity contribution in [2.75, 3.05) is 38.1 Å². The molecule has 0 N–H and O–H groups in total. The maximum absolute atomic E-state index is 12.8. The zero-order valence-electron chi connectivity index (χ0n) is 15.1. The minimum Gasteiger partial charge on any atom is -0.422 e. The van der Waals surface area contributed by atoms with Crippen molar-refractivity contribution < 1.29 is 17.6 Å². The Hall–Kier alpha value is -2.39. The lowest BCUT2D eigenvalue weighted by atomic mass is 10.1. The van der Waals surface area contributed by atoms with Crippen LogP contribution in [-0.4, -0.2) is 43.1 Å². The van der Waals surface area contributed by atoms with Crippen LogP contribution in [0.5, 0.6) is 0 Å². The maximum atomic E-state index is 12.8. The Bertz CT molecular complexity index is 1060. The van der Waals surface area contributed by atoms with Crippen LogP contribution in [0.25, 0.3) is 21.5 Å². The monoisotopic (exact) mass is 409 g/mol. The molecule has 1 aliphatic heterocycles. The van der Waals surface area contributed by atoms with Gasteiger partial charge in [-0.15, -0.1) is 11.3 Å². The van der Waals surface area contributed by atoms with Crippen LogP contribution in [0, 0.1) is 0 Å². The van der Waals surface area contributed by atoms with Crippen LogP contribution in [-0.2, 0) is 6.18 Å². The van der Waals surface area contributed by atoms with E-state index in [4.69, 9.17) is 4.42 Å².